The van der Waals surface area contributed by atoms with E-state index in [0.717, 1.165) is 55.7 Å². The average Bonchev–Trinajstić information content (AvgIpc) is 3.48. The first-order chi connectivity index (χ1) is 16.5. The molecule has 3 aliphatic rings. The number of ether oxygens (including phenoxy) is 2. The summed E-state index contributed by atoms with van der Waals surface area (Å²) in [4.78, 5) is 15.2. The van der Waals surface area contributed by atoms with Crippen LogP contribution in [0, 0.1) is 0 Å². The van der Waals surface area contributed by atoms with Crippen molar-refractivity contribution in [1.82, 2.24) is 9.21 Å². The first kappa shape index (κ1) is 23.1. The second-order valence-corrected chi connectivity index (χ2v) is 11.0. The molecule has 0 bridgehead atoms. The third-order valence-electron chi connectivity index (χ3n) is 6.71. The highest BCUT2D eigenvalue weighted by atomic mass is 32.2. The van der Waals surface area contributed by atoms with Crippen LogP contribution in [0.4, 0.5) is 5.69 Å². The fourth-order valence-corrected chi connectivity index (χ4v) is 6.47. The van der Waals surface area contributed by atoms with Gasteiger partial charge < -0.3 is 14.8 Å². The molecule has 1 atom stereocenters. The number of hydrogen-bond acceptors (Lipinski definition) is 6. The van der Waals surface area contributed by atoms with Gasteiger partial charge in [-0.3, -0.25) is 9.69 Å². The number of amides is 1. The minimum atomic E-state index is -3.46. The summed E-state index contributed by atoms with van der Waals surface area (Å²) in [5.41, 5.74) is 1.72. The number of nitrogens with one attached hydrogen (secondary N) is 1. The molecule has 9 heteroatoms. The normalized spacial score (nSPS) is 21.4. The summed E-state index contributed by atoms with van der Waals surface area (Å²) in [5, 5.41) is 2.91. The fraction of sp³-hybridized carbons (Fsp3) is 0.480. The molecule has 0 saturated carbocycles. The van der Waals surface area contributed by atoms with Crippen LogP contribution in [0.2, 0.25) is 0 Å². The SMILES string of the molecule is O=C(CN1CCC[C@@H]1c1ccc2c(c1)OCCCO2)Nc1ccc(S(=O)(=O)N2CCCC2)cc1. The van der Waals surface area contributed by atoms with Crippen molar-refractivity contribution >= 4 is 21.6 Å². The maximum Gasteiger partial charge on any atom is 0.243 e. The van der Waals surface area contributed by atoms with Gasteiger partial charge in [0.25, 0.3) is 0 Å². The highest BCUT2D eigenvalue weighted by Gasteiger charge is 2.29. The Labute approximate surface area is 200 Å². The van der Waals surface area contributed by atoms with Gasteiger partial charge in [0, 0.05) is 31.2 Å². The van der Waals surface area contributed by atoms with E-state index in [1.807, 2.05) is 12.1 Å². The van der Waals surface area contributed by atoms with Gasteiger partial charge in [-0.05, 0) is 74.2 Å². The van der Waals surface area contributed by atoms with E-state index in [4.69, 9.17) is 9.47 Å². The smallest absolute Gasteiger partial charge is 0.243 e. The number of rotatable bonds is 6. The summed E-state index contributed by atoms with van der Waals surface area (Å²) < 4.78 is 38.5. The second-order valence-electron chi connectivity index (χ2n) is 9.07. The number of carbonyl (C=O) groups excluding carboxylic acids is 1. The Kier molecular flexibility index (Phi) is 6.76. The van der Waals surface area contributed by atoms with Gasteiger partial charge in [-0.1, -0.05) is 6.07 Å². The zero-order valence-corrected chi connectivity index (χ0v) is 20.1. The van der Waals surface area contributed by atoms with Crippen LogP contribution in [0.25, 0.3) is 0 Å². The molecule has 0 spiro atoms. The zero-order valence-electron chi connectivity index (χ0n) is 19.2. The van der Waals surface area contributed by atoms with Gasteiger partial charge in [-0.25, -0.2) is 8.42 Å². The number of hydrogen-bond donors (Lipinski definition) is 1. The zero-order chi connectivity index (χ0) is 23.5. The van der Waals surface area contributed by atoms with E-state index in [9.17, 15) is 13.2 Å². The molecule has 0 aromatic heterocycles. The number of nitrogens with zero attached hydrogens (tertiary/aromatic N) is 2. The molecule has 182 valence electrons. The first-order valence-corrected chi connectivity index (χ1v) is 13.5. The molecular weight excluding hydrogens is 454 g/mol. The Morgan fingerprint density at radius 2 is 1.65 bits per heavy atom. The topological polar surface area (TPSA) is 88.2 Å². The van der Waals surface area contributed by atoms with Crippen LogP contribution in [-0.4, -0.2) is 62.9 Å². The van der Waals surface area contributed by atoms with E-state index in [-0.39, 0.29) is 23.4 Å². The van der Waals surface area contributed by atoms with E-state index < -0.39 is 10.0 Å². The monoisotopic (exact) mass is 485 g/mol. The van der Waals surface area contributed by atoms with Crippen molar-refractivity contribution < 1.29 is 22.7 Å². The second kappa shape index (κ2) is 9.93. The maximum atomic E-state index is 12.8. The molecule has 2 aromatic rings. The van der Waals surface area contributed by atoms with E-state index in [1.54, 1.807) is 24.3 Å². The lowest BCUT2D eigenvalue weighted by atomic mass is 10.0. The van der Waals surface area contributed by atoms with Crippen LogP contribution in [0.15, 0.2) is 47.4 Å². The molecule has 2 aromatic carbocycles. The highest BCUT2D eigenvalue weighted by Crippen LogP contribution is 2.37. The van der Waals surface area contributed by atoms with Gasteiger partial charge in [0.15, 0.2) is 11.5 Å². The average molecular weight is 486 g/mol. The molecule has 2 saturated heterocycles. The lowest BCUT2D eigenvalue weighted by molar-refractivity contribution is -0.117. The number of likely N-dealkylation sites (tertiary alicyclic amines) is 1. The number of fused-ring (bicyclic) bond motifs is 1. The van der Waals surface area contributed by atoms with E-state index in [1.165, 1.54) is 4.31 Å². The third-order valence-corrected chi connectivity index (χ3v) is 8.62. The molecule has 1 amide bonds. The number of carbonyl (C=O) groups is 1. The van der Waals surface area contributed by atoms with Crippen LogP contribution in [0.3, 0.4) is 0 Å². The van der Waals surface area contributed by atoms with Gasteiger partial charge in [0.2, 0.25) is 15.9 Å². The first-order valence-electron chi connectivity index (χ1n) is 12.0. The number of anilines is 1. The Bertz CT molecular complexity index is 1130. The molecular formula is C25H31N3O5S. The van der Waals surface area contributed by atoms with Crippen molar-refractivity contribution in [3.05, 3.63) is 48.0 Å². The summed E-state index contributed by atoms with van der Waals surface area (Å²) in [7, 11) is -3.46. The molecule has 5 rings (SSSR count). The molecule has 8 nitrogen and oxygen atoms in total. The Hall–Kier alpha value is -2.62. The molecule has 3 aliphatic heterocycles. The molecule has 1 N–H and O–H groups in total. The van der Waals surface area contributed by atoms with Crippen LogP contribution in [0.1, 0.15) is 43.7 Å². The summed E-state index contributed by atoms with van der Waals surface area (Å²) in [6.45, 7) is 3.56. The van der Waals surface area contributed by atoms with Crippen molar-refractivity contribution in [1.29, 1.82) is 0 Å². The van der Waals surface area contributed by atoms with Crippen molar-refractivity contribution in [3.8, 4) is 11.5 Å². The van der Waals surface area contributed by atoms with Crippen molar-refractivity contribution in [2.24, 2.45) is 0 Å². The molecule has 0 unspecified atom stereocenters. The largest absolute Gasteiger partial charge is 0.490 e. The fourth-order valence-electron chi connectivity index (χ4n) is 4.95. The standard InChI is InChI=1S/C25H31N3O5S/c29-25(26-20-7-9-21(10-8-20)34(30,31)28-13-1-2-14-28)18-27-12-3-5-22(27)19-6-11-23-24(17-19)33-16-4-15-32-23/h6-11,17,22H,1-5,12-16,18H2,(H,26,29)/t22-/m1/s1. The minimum absolute atomic E-state index is 0.114. The Morgan fingerprint density at radius 3 is 2.41 bits per heavy atom. The molecule has 2 fully saturated rings. The van der Waals surface area contributed by atoms with Crippen molar-refractivity contribution in [3.63, 3.8) is 0 Å². The van der Waals surface area contributed by atoms with Gasteiger partial charge in [0.1, 0.15) is 0 Å². The Morgan fingerprint density at radius 1 is 0.912 bits per heavy atom. The quantitative estimate of drug-likeness (QED) is 0.675. The van der Waals surface area contributed by atoms with Gasteiger partial charge in [-0.15, -0.1) is 0 Å². The predicted octanol–water partition coefficient (Wildman–Crippen LogP) is 3.41. The summed E-state index contributed by atoms with van der Waals surface area (Å²) in [6, 6.07) is 12.7. The third kappa shape index (κ3) is 4.92. The lowest BCUT2D eigenvalue weighted by Crippen LogP contribution is -2.33. The number of sulfonamides is 1. The minimum Gasteiger partial charge on any atom is -0.490 e. The van der Waals surface area contributed by atoms with Crippen molar-refractivity contribution in [2.45, 2.75) is 43.0 Å². The summed E-state index contributed by atoms with van der Waals surface area (Å²) >= 11 is 0. The van der Waals surface area contributed by atoms with Crippen LogP contribution >= 0.6 is 0 Å². The summed E-state index contributed by atoms with van der Waals surface area (Å²) in [6.07, 6.45) is 4.67. The predicted molar refractivity (Wildman–Crippen MR) is 129 cm³/mol. The van der Waals surface area contributed by atoms with Crippen LogP contribution < -0.4 is 14.8 Å². The molecule has 0 radical (unpaired) electrons. The van der Waals surface area contributed by atoms with Crippen LogP contribution in [0.5, 0.6) is 11.5 Å². The lowest BCUT2D eigenvalue weighted by Gasteiger charge is -2.25. The van der Waals surface area contributed by atoms with E-state index in [0.29, 0.717) is 32.0 Å². The maximum absolute atomic E-state index is 12.8. The van der Waals surface area contributed by atoms with Gasteiger partial charge in [-0.2, -0.15) is 4.31 Å². The molecule has 3 heterocycles. The van der Waals surface area contributed by atoms with Gasteiger partial charge in [0.05, 0.1) is 24.7 Å². The highest BCUT2D eigenvalue weighted by molar-refractivity contribution is 7.89. The Balaban J connectivity index is 1.22. The number of benzene rings is 2. The van der Waals surface area contributed by atoms with Gasteiger partial charge >= 0.3 is 0 Å². The van der Waals surface area contributed by atoms with Crippen molar-refractivity contribution in [2.75, 3.05) is 44.7 Å². The van der Waals surface area contributed by atoms with E-state index >= 15 is 0 Å². The molecule has 34 heavy (non-hydrogen) atoms. The van der Waals surface area contributed by atoms with Crippen LogP contribution in [-0.2, 0) is 14.8 Å². The van der Waals surface area contributed by atoms with E-state index in [2.05, 4.69) is 16.3 Å². The molecule has 0 aliphatic carbocycles. The summed E-state index contributed by atoms with van der Waals surface area (Å²) in [5.74, 6) is 1.44.